The number of primary amides is 1. The molecule has 0 aliphatic heterocycles. The number of aromatic hydroxyl groups is 1. The van der Waals surface area contributed by atoms with E-state index in [1.807, 2.05) is 0 Å². The van der Waals surface area contributed by atoms with Gasteiger partial charge >= 0.3 is 0 Å². The van der Waals surface area contributed by atoms with Gasteiger partial charge in [-0.25, -0.2) is 8.78 Å². The van der Waals surface area contributed by atoms with E-state index in [0.717, 1.165) is 18.9 Å². The highest BCUT2D eigenvalue weighted by Crippen LogP contribution is 2.52. The predicted octanol–water partition coefficient (Wildman–Crippen LogP) is 1.44. The van der Waals surface area contributed by atoms with Crippen molar-refractivity contribution in [2.45, 2.75) is 43.9 Å². The van der Waals surface area contributed by atoms with Gasteiger partial charge in [-0.1, -0.05) is 0 Å². The van der Waals surface area contributed by atoms with Crippen LogP contribution in [-0.2, 0) is 22.6 Å². The molecule has 1 saturated carbocycles. The number of nitrogens with two attached hydrogens (primary N) is 1. The first-order chi connectivity index (χ1) is 18.8. The first kappa shape index (κ1) is 28.2. The van der Waals surface area contributed by atoms with E-state index in [2.05, 4.69) is 0 Å². The first-order valence-electron chi connectivity index (χ1n) is 13.3. The molecule has 40 heavy (non-hydrogen) atoms. The average molecular weight is 562 g/mol. The van der Waals surface area contributed by atoms with Crippen LogP contribution in [0.5, 0.6) is 5.75 Å². The highest BCUT2D eigenvalue weighted by molar-refractivity contribution is 6.24. The number of Topliss-reactive ketones (excluding diaryl/α,β-unsaturated/α-hetero) is 2. The van der Waals surface area contributed by atoms with Crippen LogP contribution in [0.25, 0.3) is 0 Å². The number of likely N-dealkylation sites (N-methyl/N-ethyl adjacent to an activating group) is 1. The van der Waals surface area contributed by atoms with Crippen LogP contribution in [0.2, 0.25) is 0 Å². The number of halogens is 2. The minimum Gasteiger partial charge on any atom is -0.510 e. The molecule has 4 atom stereocenters. The molecule has 5 rings (SSSR count). The number of nitrogens with zero attached hydrogens (tertiary/aromatic N) is 2. The molecule has 0 radical (unpaired) electrons. The number of benzene rings is 1. The summed E-state index contributed by atoms with van der Waals surface area (Å²) in [6.45, 7) is 0.108. The van der Waals surface area contributed by atoms with Crippen molar-refractivity contribution in [3.05, 3.63) is 51.2 Å². The van der Waals surface area contributed by atoms with E-state index in [-0.39, 0.29) is 48.2 Å². The van der Waals surface area contributed by atoms with Crippen LogP contribution in [0.3, 0.4) is 0 Å². The number of aliphatic hydroxyl groups excluding tert-OH is 2. The molecular weight excluding hydrogens is 528 g/mol. The molecule has 0 unspecified atom stereocenters. The quantitative estimate of drug-likeness (QED) is 0.295. The maximum atomic E-state index is 15.9. The number of carbonyl (C=O) groups is 3. The van der Waals surface area contributed by atoms with Crippen LogP contribution in [-0.4, -0.2) is 93.2 Å². The van der Waals surface area contributed by atoms with Gasteiger partial charge in [0.1, 0.15) is 35.3 Å². The van der Waals surface area contributed by atoms with E-state index in [0.29, 0.717) is 12.5 Å². The number of hydrogen-bond donors (Lipinski definition) is 5. The molecule has 1 fully saturated rings. The molecule has 216 valence electrons. The topological polar surface area (TPSA) is 165 Å². The van der Waals surface area contributed by atoms with Crippen molar-refractivity contribution in [1.29, 1.82) is 0 Å². The Morgan fingerprint density at radius 3 is 2.45 bits per heavy atom. The lowest BCUT2D eigenvalue weighted by Crippen LogP contribution is -2.63. The van der Waals surface area contributed by atoms with Gasteiger partial charge in [-0.2, -0.15) is 0 Å². The number of carbonyl (C=O) groups excluding carboxylic acids is 3. The summed E-state index contributed by atoms with van der Waals surface area (Å²) in [6.07, 6.45) is 1.76. The van der Waals surface area contributed by atoms with Gasteiger partial charge in [0.25, 0.3) is 5.91 Å². The summed E-state index contributed by atoms with van der Waals surface area (Å²) in [5.41, 5.74) is 0.970. The summed E-state index contributed by atoms with van der Waals surface area (Å²) in [4.78, 5) is 42.2. The Morgan fingerprint density at radius 1 is 1.20 bits per heavy atom. The maximum Gasteiger partial charge on any atom is 0.255 e. The fourth-order valence-corrected chi connectivity index (χ4v) is 6.73. The third-order valence-electron chi connectivity index (χ3n) is 8.74. The van der Waals surface area contributed by atoms with Crippen LogP contribution < -0.4 is 5.73 Å². The monoisotopic (exact) mass is 561 g/mol. The van der Waals surface area contributed by atoms with Gasteiger partial charge in [0.2, 0.25) is 5.78 Å². The van der Waals surface area contributed by atoms with Gasteiger partial charge in [-0.05, 0) is 57.7 Å². The lowest BCUT2D eigenvalue weighted by atomic mass is 9.58. The second-order valence-corrected chi connectivity index (χ2v) is 11.6. The van der Waals surface area contributed by atoms with E-state index < -0.39 is 76.3 Å². The van der Waals surface area contributed by atoms with Crippen molar-refractivity contribution in [3.8, 4) is 5.75 Å². The Kier molecular flexibility index (Phi) is 7.00. The van der Waals surface area contributed by atoms with E-state index in [1.54, 1.807) is 4.90 Å². The Balaban J connectivity index is 1.59. The minimum absolute atomic E-state index is 0.0358. The summed E-state index contributed by atoms with van der Waals surface area (Å²) in [6, 6.07) is -0.0193. The molecule has 12 heteroatoms. The van der Waals surface area contributed by atoms with Gasteiger partial charge in [0, 0.05) is 42.3 Å². The van der Waals surface area contributed by atoms with Crippen molar-refractivity contribution in [2.75, 3.05) is 33.9 Å². The number of ketones is 2. The lowest BCUT2D eigenvalue weighted by molar-refractivity contribution is -0.148. The molecule has 0 heterocycles. The fraction of sp³-hybridized carbons (Fsp3) is 0.536. The van der Waals surface area contributed by atoms with Crippen molar-refractivity contribution in [3.63, 3.8) is 0 Å². The zero-order valence-corrected chi connectivity index (χ0v) is 22.3. The van der Waals surface area contributed by atoms with Gasteiger partial charge < -0.3 is 26.2 Å². The van der Waals surface area contributed by atoms with Gasteiger partial charge in [-0.15, -0.1) is 0 Å². The van der Waals surface area contributed by atoms with Crippen molar-refractivity contribution < 1.29 is 43.6 Å². The molecule has 4 aliphatic carbocycles. The predicted molar refractivity (Wildman–Crippen MR) is 138 cm³/mol. The summed E-state index contributed by atoms with van der Waals surface area (Å²) in [7, 11) is 3.06. The summed E-state index contributed by atoms with van der Waals surface area (Å²) >= 11 is 0. The Hall–Kier alpha value is -3.35. The van der Waals surface area contributed by atoms with E-state index in [1.165, 1.54) is 19.0 Å². The number of alkyl halides is 1. The third-order valence-corrected chi connectivity index (χ3v) is 8.74. The first-order valence-corrected chi connectivity index (χ1v) is 13.3. The number of allylic oxidation sites excluding steroid dienone is 1. The van der Waals surface area contributed by atoms with E-state index in [9.17, 15) is 39.2 Å². The second-order valence-electron chi connectivity index (χ2n) is 11.6. The largest absolute Gasteiger partial charge is 0.510 e. The summed E-state index contributed by atoms with van der Waals surface area (Å²) in [5.74, 6) is -8.18. The van der Waals surface area contributed by atoms with Gasteiger partial charge in [-0.3, -0.25) is 24.2 Å². The number of amides is 1. The number of phenols is 1. The van der Waals surface area contributed by atoms with Crippen LogP contribution in [0.4, 0.5) is 8.78 Å². The molecule has 6 N–H and O–H groups in total. The molecule has 0 saturated heterocycles. The maximum absolute atomic E-state index is 15.9. The Bertz CT molecular complexity index is 1370. The number of aliphatic hydroxyl groups is 3. The molecular formula is C28H33F2N3O7. The SMILES string of the molecule is CN(C)[C@@H]1C(O)=C(C(N)=O)C(=O)[C@@]2(O)C(O)=C3C(=O)c4c(O)cc(CN(CCF)CC5CC5)c(F)c4C[C@H]3C[C@@H]12. The van der Waals surface area contributed by atoms with E-state index in [4.69, 9.17) is 5.73 Å². The zero-order chi connectivity index (χ0) is 29.3. The van der Waals surface area contributed by atoms with Crippen molar-refractivity contribution in [1.82, 2.24) is 9.80 Å². The number of phenolic OH excluding ortho intramolecular Hbond substituents is 1. The normalized spacial score (nSPS) is 28.2. The number of fused-ring (bicyclic) bond motifs is 3. The Morgan fingerprint density at radius 2 is 1.88 bits per heavy atom. The molecule has 0 spiro atoms. The molecule has 0 aromatic heterocycles. The molecule has 0 bridgehead atoms. The highest BCUT2D eigenvalue weighted by atomic mass is 19.1. The Labute approximate surface area is 229 Å². The van der Waals surface area contributed by atoms with Gasteiger partial charge in [0.15, 0.2) is 11.4 Å². The number of rotatable bonds is 8. The van der Waals surface area contributed by atoms with Crippen LogP contribution in [0.1, 0.15) is 40.7 Å². The highest BCUT2D eigenvalue weighted by Gasteiger charge is 2.63. The summed E-state index contributed by atoms with van der Waals surface area (Å²) in [5, 5.41) is 44.6. The zero-order valence-electron chi connectivity index (χ0n) is 22.3. The average Bonchev–Trinajstić information content (AvgIpc) is 3.68. The second kappa shape index (κ2) is 9.93. The lowest BCUT2D eigenvalue weighted by Gasteiger charge is -2.50. The molecule has 1 amide bonds. The van der Waals surface area contributed by atoms with Crippen molar-refractivity contribution in [2.24, 2.45) is 23.5 Å². The van der Waals surface area contributed by atoms with E-state index >= 15 is 4.39 Å². The molecule has 1 aromatic rings. The standard InChI is InChI=1S/C28H33F2N3O7/c1-32(2)22-16-8-13-7-15-19(17(34)9-14(21(15)30)11-33(6-5-29)10-12-3-4-12)23(35)18(13)25(37)28(16,40)26(38)20(24(22)36)27(31)39/h9,12-13,16,22,34,36-37,40H,3-8,10-11H2,1-2H3,(H2,31,39)/t13-,16-,22-,28-/m0/s1. The van der Waals surface area contributed by atoms with Crippen molar-refractivity contribution >= 4 is 17.5 Å². The van der Waals surface area contributed by atoms with Crippen LogP contribution >= 0.6 is 0 Å². The fourth-order valence-electron chi connectivity index (χ4n) is 6.73. The smallest absolute Gasteiger partial charge is 0.255 e. The molecule has 4 aliphatic rings. The van der Waals surface area contributed by atoms with Crippen LogP contribution in [0.15, 0.2) is 28.7 Å². The third kappa shape index (κ3) is 4.20. The van der Waals surface area contributed by atoms with Gasteiger partial charge in [0.05, 0.1) is 11.6 Å². The van der Waals surface area contributed by atoms with Crippen LogP contribution in [0, 0.1) is 23.6 Å². The minimum atomic E-state index is -2.76. The molecule has 10 nitrogen and oxygen atoms in total. The molecule has 1 aromatic carbocycles. The number of hydrogen-bond acceptors (Lipinski definition) is 9. The summed E-state index contributed by atoms with van der Waals surface area (Å²) < 4.78 is 29.1.